The smallest absolute Gasteiger partial charge is 0.315 e. The molecule has 0 radical (unpaired) electrons. The van der Waals surface area contributed by atoms with Gasteiger partial charge in [0.2, 0.25) is 0 Å². The fourth-order valence-electron chi connectivity index (χ4n) is 5.16. The Morgan fingerprint density at radius 2 is 0.816 bits per heavy atom. The van der Waals surface area contributed by atoms with Gasteiger partial charge in [-0.1, -0.05) is 60.7 Å². The van der Waals surface area contributed by atoms with Crippen molar-refractivity contribution in [2.24, 2.45) is 11.8 Å². The molecule has 0 aromatic heterocycles. The molecule has 0 unspecified atom stereocenters. The van der Waals surface area contributed by atoms with Gasteiger partial charge in [0.1, 0.15) is 23.0 Å². The average Bonchev–Trinajstić information content (AvgIpc) is 2.94. The molecule has 0 bridgehead atoms. The summed E-state index contributed by atoms with van der Waals surface area (Å²) in [7, 11) is 3.21. The maximum atomic E-state index is 13.7. The van der Waals surface area contributed by atoms with Crippen LogP contribution in [-0.4, -0.2) is 26.2 Å². The van der Waals surface area contributed by atoms with Crippen LogP contribution in [0.4, 0.5) is 0 Å². The Morgan fingerprint density at radius 3 is 1.13 bits per heavy atom. The third kappa shape index (κ3) is 5.11. The molecule has 1 aliphatic rings. The van der Waals surface area contributed by atoms with Crippen LogP contribution in [0.5, 0.6) is 23.0 Å². The highest BCUT2D eigenvalue weighted by Crippen LogP contribution is 2.59. The van der Waals surface area contributed by atoms with Gasteiger partial charge in [0, 0.05) is 11.8 Å². The van der Waals surface area contributed by atoms with Gasteiger partial charge in [0.15, 0.2) is 0 Å². The van der Waals surface area contributed by atoms with Crippen LogP contribution in [0.3, 0.4) is 0 Å². The molecule has 4 aromatic carbocycles. The van der Waals surface area contributed by atoms with Crippen LogP contribution in [0, 0.1) is 11.8 Å². The van der Waals surface area contributed by atoms with Crippen molar-refractivity contribution in [3.05, 3.63) is 120 Å². The monoisotopic (exact) mass is 508 g/mol. The van der Waals surface area contributed by atoms with Crippen molar-refractivity contribution < 1.29 is 28.5 Å². The Kier molecular flexibility index (Phi) is 7.40. The fraction of sp³-hybridized carbons (Fsp3) is 0.188. The first-order valence-corrected chi connectivity index (χ1v) is 12.4. The Hall–Kier alpha value is -4.58. The van der Waals surface area contributed by atoms with Gasteiger partial charge in [-0.3, -0.25) is 9.59 Å². The maximum Gasteiger partial charge on any atom is 0.315 e. The molecule has 1 fully saturated rings. The van der Waals surface area contributed by atoms with E-state index >= 15 is 0 Å². The van der Waals surface area contributed by atoms with Gasteiger partial charge >= 0.3 is 11.9 Å². The molecular formula is C32H28O6. The summed E-state index contributed by atoms with van der Waals surface area (Å²) >= 11 is 0. The zero-order valence-corrected chi connectivity index (χ0v) is 21.2. The zero-order chi connectivity index (χ0) is 26.5. The Bertz CT molecular complexity index is 1260. The molecule has 6 nitrogen and oxygen atoms in total. The second-order valence-electron chi connectivity index (χ2n) is 9.12. The van der Waals surface area contributed by atoms with Crippen LogP contribution >= 0.6 is 0 Å². The number of methoxy groups -OCH3 is 2. The molecule has 192 valence electrons. The summed E-state index contributed by atoms with van der Waals surface area (Å²) in [4.78, 5) is 27.3. The Morgan fingerprint density at radius 1 is 0.474 bits per heavy atom. The predicted octanol–water partition coefficient (Wildman–Crippen LogP) is 6.03. The lowest BCUT2D eigenvalue weighted by atomic mass is 9.52. The fourth-order valence-corrected chi connectivity index (χ4v) is 5.16. The van der Waals surface area contributed by atoms with Crippen LogP contribution in [0.25, 0.3) is 0 Å². The maximum absolute atomic E-state index is 13.7. The number of ether oxygens (including phenoxy) is 4. The van der Waals surface area contributed by atoms with Crippen LogP contribution < -0.4 is 18.9 Å². The van der Waals surface area contributed by atoms with Crippen LogP contribution in [0.15, 0.2) is 109 Å². The van der Waals surface area contributed by atoms with E-state index in [-0.39, 0.29) is 11.8 Å². The van der Waals surface area contributed by atoms with Crippen molar-refractivity contribution in [1.82, 2.24) is 0 Å². The van der Waals surface area contributed by atoms with Gasteiger partial charge in [-0.25, -0.2) is 0 Å². The highest BCUT2D eigenvalue weighted by atomic mass is 16.5. The topological polar surface area (TPSA) is 71.1 Å². The molecule has 0 N–H and O–H groups in total. The largest absolute Gasteiger partial charge is 0.497 e. The molecule has 0 heterocycles. The standard InChI is InChI=1S/C32H28O6/c1-35-23-17-13-21(14-18-23)27-28(22-15-19-24(36-2)20-16-22)30(32(34)38-26-11-7-4-8-12-26)29(27)31(33)37-25-9-5-3-6-10-25/h3-20,27-30H,1-2H3/t27-,28+,29+,30-. The first-order chi connectivity index (χ1) is 18.6. The number of esters is 2. The number of rotatable bonds is 8. The molecule has 1 saturated carbocycles. The lowest BCUT2D eigenvalue weighted by Crippen LogP contribution is -2.53. The number of para-hydroxylation sites is 2. The van der Waals surface area contributed by atoms with E-state index in [2.05, 4.69) is 0 Å². The van der Waals surface area contributed by atoms with Crippen LogP contribution in [-0.2, 0) is 9.59 Å². The lowest BCUT2D eigenvalue weighted by Gasteiger charge is -2.49. The van der Waals surface area contributed by atoms with E-state index in [4.69, 9.17) is 18.9 Å². The number of benzene rings is 4. The minimum atomic E-state index is -0.757. The highest BCUT2D eigenvalue weighted by molar-refractivity contribution is 5.89. The molecule has 0 aliphatic heterocycles. The number of carbonyl (C=O) groups excluding carboxylic acids is 2. The summed E-state index contributed by atoms with van der Waals surface area (Å²) < 4.78 is 22.2. The van der Waals surface area contributed by atoms with E-state index in [1.54, 1.807) is 62.8 Å². The molecule has 0 saturated heterocycles. The second kappa shape index (κ2) is 11.2. The van der Waals surface area contributed by atoms with Gasteiger partial charge in [0.25, 0.3) is 0 Å². The van der Waals surface area contributed by atoms with Gasteiger partial charge < -0.3 is 18.9 Å². The van der Waals surface area contributed by atoms with Crippen molar-refractivity contribution in [1.29, 1.82) is 0 Å². The normalized spacial score (nSPS) is 20.1. The van der Waals surface area contributed by atoms with Crippen molar-refractivity contribution in [2.45, 2.75) is 11.8 Å². The van der Waals surface area contributed by atoms with E-state index in [1.807, 2.05) is 60.7 Å². The van der Waals surface area contributed by atoms with Crippen molar-refractivity contribution in [3.8, 4) is 23.0 Å². The first kappa shape index (κ1) is 25.1. The molecule has 4 aromatic rings. The molecule has 1 aliphatic carbocycles. The minimum absolute atomic E-state index is 0.321. The van der Waals surface area contributed by atoms with Crippen molar-refractivity contribution in [3.63, 3.8) is 0 Å². The van der Waals surface area contributed by atoms with Crippen LogP contribution in [0.1, 0.15) is 23.0 Å². The SMILES string of the molecule is COc1ccc([C@@H]2[C@@H](C(=O)Oc3ccccc3)[C@@H](C(=O)Oc3ccccc3)[C@@H]2c2ccc(OC)cc2)cc1. The van der Waals surface area contributed by atoms with E-state index in [0.29, 0.717) is 23.0 Å². The molecule has 0 spiro atoms. The molecule has 0 amide bonds. The Labute approximate surface area is 221 Å². The van der Waals surface area contributed by atoms with Crippen LogP contribution in [0.2, 0.25) is 0 Å². The van der Waals surface area contributed by atoms with Crippen molar-refractivity contribution in [2.75, 3.05) is 14.2 Å². The zero-order valence-electron chi connectivity index (χ0n) is 21.2. The predicted molar refractivity (Wildman–Crippen MR) is 143 cm³/mol. The molecule has 38 heavy (non-hydrogen) atoms. The number of hydrogen-bond donors (Lipinski definition) is 0. The van der Waals surface area contributed by atoms with Crippen molar-refractivity contribution >= 4 is 11.9 Å². The van der Waals surface area contributed by atoms with Gasteiger partial charge in [-0.05, 0) is 59.7 Å². The summed E-state index contributed by atoms with van der Waals surface area (Å²) in [6, 6.07) is 32.9. The van der Waals surface area contributed by atoms with E-state index in [1.165, 1.54) is 0 Å². The molecule has 4 atom stereocenters. The van der Waals surface area contributed by atoms with E-state index in [9.17, 15) is 9.59 Å². The lowest BCUT2D eigenvalue weighted by molar-refractivity contribution is -0.161. The third-order valence-corrected chi connectivity index (χ3v) is 7.02. The van der Waals surface area contributed by atoms with E-state index < -0.39 is 23.8 Å². The summed E-state index contributed by atoms with van der Waals surface area (Å²) in [5, 5.41) is 0. The van der Waals surface area contributed by atoms with Gasteiger partial charge in [0.05, 0.1) is 26.1 Å². The average molecular weight is 509 g/mol. The summed E-state index contributed by atoms with van der Waals surface area (Å²) in [6.07, 6.45) is 0. The highest BCUT2D eigenvalue weighted by Gasteiger charge is 2.60. The first-order valence-electron chi connectivity index (χ1n) is 12.4. The summed E-state index contributed by atoms with van der Waals surface area (Å²) in [6.45, 7) is 0. The minimum Gasteiger partial charge on any atom is -0.497 e. The summed E-state index contributed by atoms with van der Waals surface area (Å²) in [5.41, 5.74) is 1.82. The molecule has 5 rings (SSSR count). The summed E-state index contributed by atoms with van der Waals surface area (Å²) in [5.74, 6) is -0.844. The molecule has 6 heteroatoms. The number of carbonyl (C=O) groups is 2. The van der Waals surface area contributed by atoms with Gasteiger partial charge in [-0.2, -0.15) is 0 Å². The molecular weight excluding hydrogens is 480 g/mol. The second-order valence-corrected chi connectivity index (χ2v) is 9.12. The van der Waals surface area contributed by atoms with Gasteiger partial charge in [-0.15, -0.1) is 0 Å². The van der Waals surface area contributed by atoms with E-state index in [0.717, 1.165) is 11.1 Å². The number of hydrogen-bond acceptors (Lipinski definition) is 6. The Balaban J connectivity index is 1.55. The third-order valence-electron chi connectivity index (χ3n) is 7.02. The quantitative estimate of drug-likeness (QED) is 0.214.